The van der Waals surface area contributed by atoms with Crippen LogP contribution in [-0.4, -0.2) is 84.7 Å². The number of aliphatic hydroxyl groups is 1. The van der Waals surface area contributed by atoms with E-state index in [4.69, 9.17) is 9.47 Å². The molecule has 2 amide bonds. The van der Waals surface area contributed by atoms with E-state index in [0.29, 0.717) is 23.9 Å². The van der Waals surface area contributed by atoms with Gasteiger partial charge >= 0.3 is 5.97 Å². The minimum absolute atomic E-state index is 0.0413. The molecule has 1 N–H and O–H groups in total. The molecule has 2 aromatic carbocycles. The van der Waals surface area contributed by atoms with Gasteiger partial charge in [0.15, 0.2) is 0 Å². The molecule has 45 heavy (non-hydrogen) atoms. The average Bonchev–Trinajstić information content (AvgIpc) is 3.71. The number of rotatable bonds is 12. The number of para-hydroxylation sites is 1. The number of aliphatic hydroxyl groups excluding tert-OH is 1. The lowest BCUT2D eigenvalue weighted by Gasteiger charge is -2.39. The molecule has 236 valence electrons. The Kier molecular flexibility index (Phi) is 8.09. The summed E-state index contributed by atoms with van der Waals surface area (Å²) in [6.07, 6.45) is 4.12. The number of fused-ring (bicyclic) bond motifs is 2. The van der Waals surface area contributed by atoms with E-state index in [1.807, 2.05) is 68.4 Å². The van der Waals surface area contributed by atoms with Gasteiger partial charge in [0.25, 0.3) is 0 Å². The van der Waals surface area contributed by atoms with Crippen LogP contribution in [-0.2, 0) is 30.5 Å². The van der Waals surface area contributed by atoms with E-state index in [-0.39, 0.29) is 25.7 Å². The fourth-order valence-electron chi connectivity index (χ4n) is 7.74. The largest absolute Gasteiger partial charge is 0.465 e. The van der Waals surface area contributed by atoms with Gasteiger partial charge in [0.2, 0.25) is 11.8 Å². The number of amides is 2. The standard InChI is InChI=1S/C34H39N5O6/c1-5-7-18-44-32(43)28-27-30(41)39(26(20-40)23-13-9-8-10-14-23)29(34(27)19-22(3)33(28,4)45-34)31(42)37(17-6-2)21-38-25-16-12-11-15-24(25)35-36-38/h5-6,8-16,22,26-29,40H,1-2,7,17-21H2,3-4H3/t22?,26-,27+,28+,29?,33-,34?/m1/s1. The van der Waals surface area contributed by atoms with E-state index in [0.717, 1.165) is 5.52 Å². The molecule has 0 saturated carbocycles. The van der Waals surface area contributed by atoms with Gasteiger partial charge in [-0.05, 0) is 43.4 Å². The summed E-state index contributed by atoms with van der Waals surface area (Å²) in [6, 6.07) is 14.6. The maximum atomic E-state index is 15.0. The van der Waals surface area contributed by atoms with Gasteiger partial charge in [-0.3, -0.25) is 14.4 Å². The van der Waals surface area contributed by atoms with Crippen LogP contribution in [0.15, 0.2) is 79.9 Å². The van der Waals surface area contributed by atoms with Gasteiger partial charge in [-0.15, -0.1) is 18.3 Å². The first-order valence-corrected chi connectivity index (χ1v) is 15.4. The van der Waals surface area contributed by atoms with Crippen LogP contribution in [0.5, 0.6) is 0 Å². The SMILES string of the molecule is C=CCCOC(=O)[C@@H]1[C@H]2C(=O)N([C@H](CO)c3ccccc3)C(C(=O)N(CC=C)Cn3nnc4ccccc43)C23CC(C)[C@@]1(C)O3. The lowest BCUT2D eigenvalue weighted by Crippen LogP contribution is -2.57. The van der Waals surface area contributed by atoms with Gasteiger partial charge < -0.3 is 24.4 Å². The molecule has 3 unspecified atom stereocenters. The smallest absolute Gasteiger partial charge is 0.312 e. The number of benzene rings is 2. The van der Waals surface area contributed by atoms with Crippen molar-refractivity contribution in [1.82, 2.24) is 24.8 Å². The number of esters is 1. The van der Waals surface area contributed by atoms with Gasteiger partial charge in [-0.2, -0.15) is 0 Å². The molecule has 3 aromatic rings. The van der Waals surface area contributed by atoms with E-state index in [2.05, 4.69) is 23.5 Å². The number of nitrogens with zero attached hydrogens (tertiary/aromatic N) is 5. The molecule has 7 atom stereocenters. The summed E-state index contributed by atoms with van der Waals surface area (Å²) in [6.45, 7) is 11.3. The molecule has 3 fully saturated rings. The van der Waals surface area contributed by atoms with Crippen molar-refractivity contribution in [3.05, 3.63) is 85.5 Å². The molecule has 3 aliphatic heterocycles. The van der Waals surface area contributed by atoms with Gasteiger partial charge in [0, 0.05) is 6.54 Å². The van der Waals surface area contributed by atoms with Gasteiger partial charge in [-0.25, -0.2) is 4.68 Å². The Hall–Kier alpha value is -4.35. The van der Waals surface area contributed by atoms with E-state index in [1.54, 1.807) is 21.7 Å². The zero-order valence-corrected chi connectivity index (χ0v) is 25.6. The fourth-order valence-corrected chi connectivity index (χ4v) is 7.74. The number of hydrogen-bond acceptors (Lipinski definition) is 8. The highest BCUT2D eigenvalue weighted by atomic mass is 16.6. The topological polar surface area (TPSA) is 127 Å². The fraction of sp³-hybridized carbons (Fsp3) is 0.441. The third-order valence-electron chi connectivity index (χ3n) is 9.89. The number of carbonyl (C=O) groups is 3. The maximum absolute atomic E-state index is 15.0. The second kappa shape index (κ2) is 11.9. The first-order valence-electron chi connectivity index (χ1n) is 15.4. The minimum atomic E-state index is -1.32. The van der Waals surface area contributed by atoms with Crippen LogP contribution < -0.4 is 0 Å². The molecule has 3 saturated heterocycles. The zero-order valence-electron chi connectivity index (χ0n) is 25.6. The predicted molar refractivity (Wildman–Crippen MR) is 165 cm³/mol. The van der Waals surface area contributed by atoms with Crippen molar-refractivity contribution in [2.24, 2.45) is 17.8 Å². The van der Waals surface area contributed by atoms with Crippen LogP contribution in [0.25, 0.3) is 11.0 Å². The Bertz CT molecular complexity index is 1630. The Labute approximate surface area is 262 Å². The molecule has 11 nitrogen and oxygen atoms in total. The molecule has 6 rings (SSSR count). The van der Waals surface area contributed by atoms with Crippen LogP contribution >= 0.6 is 0 Å². The molecule has 1 spiro atoms. The lowest BCUT2D eigenvalue weighted by molar-refractivity contribution is -0.164. The van der Waals surface area contributed by atoms with Crippen molar-refractivity contribution >= 4 is 28.8 Å². The molecular weight excluding hydrogens is 574 g/mol. The first-order chi connectivity index (χ1) is 21.7. The zero-order chi connectivity index (χ0) is 31.9. The van der Waals surface area contributed by atoms with Crippen LogP contribution in [0.4, 0.5) is 0 Å². The third-order valence-corrected chi connectivity index (χ3v) is 9.89. The van der Waals surface area contributed by atoms with E-state index >= 15 is 0 Å². The van der Waals surface area contributed by atoms with E-state index in [1.165, 1.54) is 4.90 Å². The summed E-state index contributed by atoms with van der Waals surface area (Å²) in [4.78, 5) is 46.4. The summed E-state index contributed by atoms with van der Waals surface area (Å²) >= 11 is 0. The highest BCUT2D eigenvalue weighted by Gasteiger charge is 2.80. The van der Waals surface area contributed by atoms with Gasteiger partial charge in [0.1, 0.15) is 29.7 Å². The second-order valence-corrected chi connectivity index (χ2v) is 12.4. The monoisotopic (exact) mass is 613 g/mol. The van der Waals surface area contributed by atoms with Crippen molar-refractivity contribution in [1.29, 1.82) is 0 Å². The van der Waals surface area contributed by atoms with Crippen LogP contribution in [0.3, 0.4) is 0 Å². The number of carbonyl (C=O) groups excluding carboxylic acids is 3. The Morgan fingerprint density at radius 3 is 2.62 bits per heavy atom. The third kappa shape index (κ3) is 4.76. The number of likely N-dealkylation sites (tertiary alicyclic amines) is 1. The van der Waals surface area contributed by atoms with Crippen molar-refractivity contribution in [2.75, 3.05) is 19.8 Å². The molecule has 1 aromatic heterocycles. The van der Waals surface area contributed by atoms with Crippen molar-refractivity contribution in [2.45, 2.75) is 56.6 Å². The van der Waals surface area contributed by atoms with Crippen molar-refractivity contribution < 1.29 is 29.0 Å². The van der Waals surface area contributed by atoms with Gasteiger partial charge in [-0.1, -0.05) is 66.8 Å². The van der Waals surface area contributed by atoms with E-state index in [9.17, 15) is 19.5 Å². The Balaban J connectivity index is 1.46. The quantitative estimate of drug-likeness (QED) is 0.187. The summed E-state index contributed by atoms with van der Waals surface area (Å²) in [5.74, 6) is -3.40. The summed E-state index contributed by atoms with van der Waals surface area (Å²) in [7, 11) is 0. The lowest BCUT2D eigenvalue weighted by atomic mass is 9.62. The summed E-state index contributed by atoms with van der Waals surface area (Å²) in [5.41, 5.74) is -0.256. The highest BCUT2D eigenvalue weighted by molar-refractivity contribution is 5.99. The van der Waals surface area contributed by atoms with Crippen LogP contribution in [0, 0.1) is 17.8 Å². The molecule has 4 heterocycles. The molecule has 0 aliphatic carbocycles. The number of hydrogen-bond donors (Lipinski definition) is 1. The number of ether oxygens (including phenoxy) is 2. The second-order valence-electron chi connectivity index (χ2n) is 12.4. The summed E-state index contributed by atoms with van der Waals surface area (Å²) in [5, 5.41) is 19.3. The molecular formula is C34H39N5O6. The Morgan fingerprint density at radius 1 is 1.18 bits per heavy atom. The van der Waals surface area contributed by atoms with Crippen molar-refractivity contribution in [3.63, 3.8) is 0 Å². The van der Waals surface area contributed by atoms with Crippen LogP contribution in [0.2, 0.25) is 0 Å². The normalized spacial score (nSPS) is 29.0. The molecule has 0 radical (unpaired) electrons. The predicted octanol–water partition coefficient (Wildman–Crippen LogP) is 3.27. The van der Waals surface area contributed by atoms with Crippen LogP contribution in [0.1, 0.15) is 38.3 Å². The molecule has 2 bridgehead atoms. The van der Waals surface area contributed by atoms with E-state index < -0.39 is 59.5 Å². The Morgan fingerprint density at radius 2 is 1.91 bits per heavy atom. The molecule has 3 aliphatic rings. The molecule has 11 heteroatoms. The number of aromatic nitrogens is 3. The van der Waals surface area contributed by atoms with Gasteiger partial charge in [0.05, 0.1) is 36.3 Å². The van der Waals surface area contributed by atoms with Crippen molar-refractivity contribution in [3.8, 4) is 0 Å². The maximum Gasteiger partial charge on any atom is 0.312 e. The minimum Gasteiger partial charge on any atom is -0.465 e. The summed E-state index contributed by atoms with van der Waals surface area (Å²) < 4.78 is 14.1. The average molecular weight is 614 g/mol. The highest BCUT2D eigenvalue weighted by Crippen LogP contribution is 2.66. The first kappa shape index (κ1) is 30.7.